The van der Waals surface area contributed by atoms with Gasteiger partial charge in [0.05, 0.1) is 0 Å². The summed E-state index contributed by atoms with van der Waals surface area (Å²) < 4.78 is 6.20. The van der Waals surface area contributed by atoms with E-state index in [0.29, 0.717) is 0 Å². The average molecular weight is 267 g/mol. The Morgan fingerprint density at radius 2 is 1.85 bits per heavy atom. The van der Waals surface area contributed by atoms with Crippen LogP contribution in [0.5, 0.6) is 5.75 Å². The number of benzene rings is 2. The number of fused-ring (bicyclic) bond motifs is 1. The van der Waals surface area contributed by atoms with Gasteiger partial charge in [-0.05, 0) is 43.5 Å². The summed E-state index contributed by atoms with van der Waals surface area (Å²) in [6.45, 7) is 6.38. The number of ether oxygens (including phenoxy) is 1. The van der Waals surface area contributed by atoms with Crippen molar-refractivity contribution in [3.05, 3.63) is 64.2 Å². The Bertz CT molecular complexity index is 648. The van der Waals surface area contributed by atoms with Crippen molar-refractivity contribution < 1.29 is 4.74 Å². The van der Waals surface area contributed by atoms with Gasteiger partial charge in [0.2, 0.25) is 0 Å². The molecule has 2 N–H and O–H groups in total. The molecular formula is C18H21NO. The molecule has 2 heteroatoms. The van der Waals surface area contributed by atoms with E-state index in [1.165, 1.54) is 22.3 Å². The zero-order valence-corrected chi connectivity index (χ0v) is 12.3. The molecule has 0 bridgehead atoms. The fraction of sp³-hybridized carbons (Fsp3) is 0.333. The van der Waals surface area contributed by atoms with Gasteiger partial charge in [0.15, 0.2) is 0 Å². The molecule has 1 aliphatic heterocycles. The SMILES string of the molecule is Cc1ccc2c(c1)[C@@H](N)CC(c1cccc(C)c1C)O2. The molecular weight excluding hydrogens is 246 g/mol. The largest absolute Gasteiger partial charge is 0.485 e. The van der Waals surface area contributed by atoms with Crippen LogP contribution in [0.1, 0.15) is 46.4 Å². The molecule has 0 spiro atoms. The summed E-state index contributed by atoms with van der Waals surface area (Å²) in [5.74, 6) is 0.931. The first kappa shape index (κ1) is 13.2. The Labute approximate surface area is 120 Å². The molecule has 0 saturated carbocycles. The minimum absolute atomic E-state index is 0.0450. The lowest BCUT2D eigenvalue weighted by Crippen LogP contribution is -2.24. The van der Waals surface area contributed by atoms with Crippen molar-refractivity contribution in [2.45, 2.75) is 39.3 Å². The fourth-order valence-corrected chi connectivity index (χ4v) is 2.94. The van der Waals surface area contributed by atoms with Gasteiger partial charge in [-0.3, -0.25) is 0 Å². The van der Waals surface area contributed by atoms with Crippen LogP contribution in [0.3, 0.4) is 0 Å². The van der Waals surface area contributed by atoms with E-state index in [9.17, 15) is 0 Å². The summed E-state index contributed by atoms with van der Waals surface area (Å²) in [5, 5.41) is 0. The lowest BCUT2D eigenvalue weighted by molar-refractivity contribution is 0.161. The zero-order valence-electron chi connectivity index (χ0n) is 12.3. The third-order valence-corrected chi connectivity index (χ3v) is 4.30. The summed E-state index contributed by atoms with van der Waals surface area (Å²) in [6.07, 6.45) is 0.890. The minimum Gasteiger partial charge on any atom is -0.485 e. The lowest BCUT2D eigenvalue weighted by Gasteiger charge is -2.32. The van der Waals surface area contributed by atoms with E-state index in [4.69, 9.17) is 10.5 Å². The molecule has 0 saturated heterocycles. The monoisotopic (exact) mass is 267 g/mol. The van der Waals surface area contributed by atoms with Gasteiger partial charge in [-0.2, -0.15) is 0 Å². The molecule has 0 aromatic heterocycles. The average Bonchev–Trinajstić information content (AvgIpc) is 2.42. The zero-order chi connectivity index (χ0) is 14.3. The first-order chi connectivity index (χ1) is 9.56. The molecule has 2 atom stereocenters. The quantitative estimate of drug-likeness (QED) is 0.843. The molecule has 2 aromatic carbocycles. The lowest BCUT2D eigenvalue weighted by atomic mass is 9.90. The first-order valence-corrected chi connectivity index (χ1v) is 7.15. The Morgan fingerprint density at radius 1 is 1.05 bits per heavy atom. The van der Waals surface area contributed by atoms with Gasteiger partial charge in [-0.15, -0.1) is 0 Å². The van der Waals surface area contributed by atoms with Crippen molar-refractivity contribution in [3.63, 3.8) is 0 Å². The van der Waals surface area contributed by atoms with Gasteiger partial charge < -0.3 is 10.5 Å². The second-order valence-corrected chi connectivity index (χ2v) is 5.78. The van der Waals surface area contributed by atoms with Crippen molar-refractivity contribution in [1.29, 1.82) is 0 Å². The second kappa shape index (κ2) is 4.95. The van der Waals surface area contributed by atoms with Crippen molar-refractivity contribution in [1.82, 2.24) is 0 Å². The maximum atomic E-state index is 6.35. The minimum atomic E-state index is 0.0450. The molecule has 3 rings (SSSR count). The molecule has 2 nitrogen and oxygen atoms in total. The topological polar surface area (TPSA) is 35.2 Å². The third kappa shape index (κ3) is 2.20. The number of hydrogen-bond acceptors (Lipinski definition) is 2. The van der Waals surface area contributed by atoms with Gasteiger partial charge in [0.1, 0.15) is 11.9 Å². The van der Waals surface area contributed by atoms with Crippen LogP contribution >= 0.6 is 0 Å². The Kier molecular flexibility index (Phi) is 3.27. The van der Waals surface area contributed by atoms with Crippen LogP contribution in [0.25, 0.3) is 0 Å². The van der Waals surface area contributed by atoms with E-state index in [2.05, 4.69) is 51.1 Å². The van der Waals surface area contributed by atoms with Gasteiger partial charge in [0.25, 0.3) is 0 Å². The molecule has 0 fully saturated rings. The van der Waals surface area contributed by atoms with Crippen molar-refractivity contribution in [3.8, 4) is 5.75 Å². The Morgan fingerprint density at radius 3 is 2.65 bits per heavy atom. The predicted molar refractivity (Wildman–Crippen MR) is 82.0 cm³/mol. The van der Waals surface area contributed by atoms with Crippen molar-refractivity contribution in [2.24, 2.45) is 5.73 Å². The maximum absolute atomic E-state index is 6.35. The molecule has 0 aliphatic carbocycles. The number of hydrogen-bond donors (Lipinski definition) is 1. The maximum Gasteiger partial charge on any atom is 0.126 e. The number of nitrogens with two attached hydrogens (primary N) is 1. The molecule has 2 aromatic rings. The Balaban J connectivity index is 1.99. The van der Waals surface area contributed by atoms with Crippen LogP contribution in [-0.2, 0) is 0 Å². The molecule has 1 aliphatic rings. The highest BCUT2D eigenvalue weighted by molar-refractivity contribution is 5.43. The summed E-state index contributed by atoms with van der Waals surface area (Å²) >= 11 is 0. The molecule has 1 heterocycles. The van der Waals surface area contributed by atoms with Crippen molar-refractivity contribution >= 4 is 0 Å². The van der Waals surface area contributed by atoms with E-state index >= 15 is 0 Å². The van der Waals surface area contributed by atoms with Crippen LogP contribution in [0.2, 0.25) is 0 Å². The summed E-state index contributed by atoms with van der Waals surface area (Å²) in [5.41, 5.74) is 12.6. The molecule has 0 radical (unpaired) electrons. The van der Waals surface area contributed by atoms with E-state index in [1.807, 2.05) is 6.07 Å². The Hall–Kier alpha value is -1.80. The molecule has 20 heavy (non-hydrogen) atoms. The highest BCUT2D eigenvalue weighted by Gasteiger charge is 2.28. The highest BCUT2D eigenvalue weighted by atomic mass is 16.5. The standard InChI is InChI=1S/C18H21NO/c1-11-7-8-17-15(9-11)16(19)10-18(20-17)14-6-4-5-12(2)13(14)3/h4-9,16,18H,10,19H2,1-3H3/t16-,18?/m0/s1. The van der Waals surface area contributed by atoms with Gasteiger partial charge in [-0.25, -0.2) is 0 Å². The van der Waals surface area contributed by atoms with E-state index in [1.54, 1.807) is 0 Å². The predicted octanol–water partition coefficient (Wildman–Crippen LogP) is 4.14. The van der Waals surface area contributed by atoms with E-state index in [-0.39, 0.29) is 12.1 Å². The number of rotatable bonds is 1. The van der Waals surface area contributed by atoms with Crippen LogP contribution < -0.4 is 10.5 Å². The van der Waals surface area contributed by atoms with Crippen LogP contribution in [-0.4, -0.2) is 0 Å². The van der Waals surface area contributed by atoms with Gasteiger partial charge in [-0.1, -0.05) is 35.9 Å². The molecule has 0 amide bonds. The highest BCUT2D eigenvalue weighted by Crippen LogP contribution is 2.41. The summed E-state index contributed by atoms with van der Waals surface area (Å²) in [7, 11) is 0. The first-order valence-electron chi connectivity index (χ1n) is 7.15. The van der Waals surface area contributed by atoms with Crippen LogP contribution in [0, 0.1) is 20.8 Å². The van der Waals surface area contributed by atoms with Gasteiger partial charge >= 0.3 is 0 Å². The fourth-order valence-electron chi connectivity index (χ4n) is 2.94. The van der Waals surface area contributed by atoms with Crippen molar-refractivity contribution in [2.75, 3.05) is 0 Å². The van der Waals surface area contributed by atoms with Crippen LogP contribution in [0.4, 0.5) is 0 Å². The number of aryl methyl sites for hydroxylation is 2. The smallest absolute Gasteiger partial charge is 0.126 e. The molecule has 104 valence electrons. The molecule has 1 unspecified atom stereocenters. The van der Waals surface area contributed by atoms with E-state index in [0.717, 1.165) is 17.7 Å². The van der Waals surface area contributed by atoms with Crippen LogP contribution in [0.15, 0.2) is 36.4 Å². The summed E-state index contributed by atoms with van der Waals surface area (Å²) in [6, 6.07) is 12.7. The normalized spacial score (nSPS) is 21.2. The summed E-state index contributed by atoms with van der Waals surface area (Å²) in [4.78, 5) is 0. The second-order valence-electron chi connectivity index (χ2n) is 5.78. The van der Waals surface area contributed by atoms with E-state index < -0.39 is 0 Å². The van der Waals surface area contributed by atoms with Gasteiger partial charge in [0, 0.05) is 18.0 Å². The third-order valence-electron chi connectivity index (χ3n) is 4.30.